The highest BCUT2D eigenvalue weighted by Crippen LogP contribution is 2.19. The van der Waals surface area contributed by atoms with Gasteiger partial charge in [0.2, 0.25) is 0 Å². The Morgan fingerprint density at radius 3 is 2.89 bits per heavy atom. The maximum atomic E-state index is 13.1. The molecule has 1 fully saturated rings. The van der Waals surface area contributed by atoms with Gasteiger partial charge in [0.1, 0.15) is 5.82 Å². The molecule has 3 heteroatoms. The first-order valence-corrected chi connectivity index (χ1v) is 7.25. The van der Waals surface area contributed by atoms with Crippen molar-refractivity contribution in [1.29, 1.82) is 0 Å². The molecular formula is C16H25FN2. The molecule has 2 nitrogen and oxygen atoms in total. The maximum absolute atomic E-state index is 13.1. The van der Waals surface area contributed by atoms with Gasteiger partial charge >= 0.3 is 0 Å². The Morgan fingerprint density at radius 2 is 2.21 bits per heavy atom. The van der Waals surface area contributed by atoms with Gasteiger partial charge in [-0.1, -0.05) is 13.0 Å². The molecule has 0 aromatic heterocycles. The maximum Gasteiger partial charge on any atom is 0.123 e. The molecule has 1 aromatic rings. The zero-order valence-electron chi connectivity index (χ0n) is 12.3. The minimum absolute atomic E-state index is 0.142. The molecule has 1 unspecified atom stereocenters. The lowest BCUT2D eigenvalue weighted by Crippen LogP contribution is -2.48. The van der Waals surface area contributed by atoms with E-state index in [-0.39, 0.29) is 11.4 Å². The molecule has 0 aliphatic carbocycles. The summed E-state index contributed by atoms with van der Waals surface area (Å²) >= 11 is 0. The summed E-state index contributed by atoms with van der Waals surface area (Å²) in [6.07, 6.45) is 2.31. The molecular weight excluding hydrogens is 239 g/mol. The van der Waals surface area contributed by atoms with Crippen LogP contribution in [0.25, 0.3) is 0 Å². The van der Waals surface area contributed by atoms with Crippen LogP contribution in [0.15, 0.2) is 18.2 Å². The molecule has 1 aliphatic rings. The van der Waals surface area contributed by atoms with Crippen LogP contribution in [0.2, 0.25) is 0 Å². The first-order valence-electron chi connectivity index (χ1n) is 7.25. The monoisotopic (exact) mass is 264 g/mol. The van der Waals surface area contributed by atoms with Crippen LogP contribution >= 0.6 is 0 Å². The Hall–Kier alpha value is -0.930. The third kappa shape index (κ3) is 3.77. The van der Waals surface area contributed by atoms with Crippen molar-refractivity contribution in [2.45, 2.75) is 45.7 Å². The lowest BCUT2D eigenvalue weighted by molar-refractivity contribution is 0.208. The summed E-state index contributed by atoms with van der Waals surface area (Å²) in [6.45, 7) is 10.7. The van der Waals surface area contributed by atoms with Crippen LogP contribution in [-0.2, 0) is 6.54 Å². The number of hydrogen-bond donors (Lipinski definition) is 1. The molecule has 0 bridgehead atoms. The van der Waals surface area contributed by atoms with Crippen LogP contribution in [0.1, 0.15) is 37.8 Å². The average molecular weight is 264 g/mol. The summed E-state index contributed by atoms with van der Waals surface area (Å²) in [6, 6.07) is 5.12. The second-order valence-electron chi connectivity index (χ2n) is 5.98. The smallest absolute Gasteiger partial charge is 0.123 e. The molecule has 0 amide bonds. The zero-order valence-corrected chi connectivity index (χ0v) is 12.3. The minimum atomic E-state index is -0.142. The second kappa shape index (κ2) is 6.02. The Labute approximate surface area is 116 Å². The first-order chi connectivity index (χ1) is 9.02. The highest BCUT2D eigenvalue weighted by Gasteiger charge is 2.27. The number of rotatable bonds is 3. The van der Waals surface area contributed by atoms with Crippen LogP contribution in [0.5, 0.6) is 0 Å². The van der Waals surface area contributed by atoms with Crippen LogP contribution in [-0.4, -0.2) is 30.1 Å². The van der Waals surface area contributed by atoms with E-state index in [9.17, 15) is 4.39 Å². The fraction of sp³-hybridized carbons (Fsp3) is 0.625. The summed E-state index contributed by atoms with van der Waals surface area (Å²) < 4.78 is 13.1. The Balaban J connectivity index is 2.08. The van der Waals surface area contributed by atoms with Gasteiger partial charge in [-0.05, 0) is 63.0 Å². The molecule has 1 aromatic carbocycles. The van der Waals surface area contributed by atoms with Crippen molar-refractivity contribution < 1.29 is 4.39 Å². The predicted octanol–water partition coefficient (Wildman–Crippen LogP) is 3.10. The number of halogens is 1. The molecule has 0 saturated carbocycles. The molecule has 1 aliphatic heterocycles. The Morgan fingerprint density at radius 1 is 1.42 bits per heavy atom. The molecule has 1 saturated heterocycles. The summed E-state index contributed by atoms with van der Waals surface area (Å²) in [4.78, 5) is 2.49. The van der Waals surface area contributed by atoms with Gasteiger partial charge in [-0.15, -0.1) is 0 Å². The third-order valence-corrected chi connectivity index (χ3v) is 4.25. The van der Waals surface area contributed by atoms with Gasteiger partial charge in [0.15, 0.2) is 0 Å². The van der Waals surface area contributed by atoms with Gasteiger partial charge in [-0.2, -0.15) is 0 Å². The van der Waals surface area contributed by atoms with Gasteiger partial charge in [0, 0.05) is 18.6 Å². The van der Waals surface area contributed by atoms with E-state index in [1.54, 1.807) is 12.1 Å². The highest BCUT2D eigenvalue weighted by molar-refractivity contribution is 5.26. The van der Waals surface area contributed by atoms with E-state index >= 15 is 0 Å². The fourth-order valence-electron chi connectivity index (χ4n) is 2.77. The quantitative estimate of drug-likeness (QED) is 0.902. The fourth-order valence-corrected chi connectivity index (χ4v) is 2.77. The lowest BCUT2D eigenvalue weighted by atomic mass is 9.98. The van der Waals surface area contributed by atoms with Crippen molar-refractivity contribution in [3.63, 3.8) is 0 Å². The predicted molar refractivity (Wildman–Crippen MR) is 77.7 cm³/mol. The van der Waals surface area contributed by atoms with E-state index in [1.807, 2.05) is 13.0 Å². The number of hydrogen-bond acceptors (Lipinski definition) is 2. The van der Waals surface area contributed by atoms with Crippen molar-refractivity contribution in [3.8, 4) is 0 Å². The van der Waals surface area contributed by atoms with Gasteiger partial charge in [-0.3, -0.25) is 4.90 Å². The van der Waals surface area contributed by atoms with Crippen molar-refractivity contribution in [1.82, 2.24) is 10.2 Å². The number of nitrogens with one attached hydrogen (secondary N) is 1. The summed E-state index contributed by atoms with van der Waals surface area (Å²) in [5.74, 6) is -0.142. The highest BCUT2D eigenvalue weighted by atomic mass is 19.1. The summed E-state index contributed by atoms with van der Waals surface area (Å²) in [5.41, 5.74) is 2.49. The van der Waals surface area contributed by atoms with Crippen molar-refractivity contribution in [2.24, 2.45) is 0 Å². The van der Waals surface area contributed by atoms with Crippen LogP contribution in [0.3, 0.4) is 0 Å². The largest absolute Gasteiger partial charge is 0.310 e. The second-order valence-corrected chi connectivity index (χ2v) is 5.98. The summed E-state index contributed by atoms with van der Waals surface area (Å²) in [7, 11) is 0. The molecule has 0 spiro atoms. The molecule has 1 N–H and O–H groups in total. The van der Waals surface area contributed by atoms with Crippen LogP contribution < -0.4 is 5.32 Å². The van der Waals surface area contributed by atoms with Gasteiger partial charge in [0.25, 0.3) is 0 Å². The van der Waals surface area contributed by atoms with Crippen molar-refractivity contribution >= 4 is 0 Å². The molecule has 1 atom stereocenters. The SMILES string of the molecule is CCC1(C)CN(Cc2ccc(F)cc2C)CCCN1. The molecule has 2 rings (SSSR count). The molecule has 106 valence electrons. The van der Waals surface area contributed by atoms with Crippen molar-refractivity contribution in [2.75, 3.05) is 19.6 Å². The van der Waals surface area contributed by atoms with Crippen molar-refractivity contribution in [3.05, 3.63) is 35.1 Å². The Kier molecular flexibility index (Phi) is 4.58. The average Bonchev–Trinajstić information content (AvgIpc) is 2.55. The summed E-state index contributed by atoms with van der Waals surface area (Å²) in [5, 5.41) is 3.65. The third-order valence-electron chi connectivity index (χ3n) is 4.25. The van der Waals surface area contributed by atoms with Crippen LogP contribution in [0.4, 0.5) is 4.39 Å². The van der Waals surface area contributed by atoms with Gasteiger partial charge in [-0.25, -0.2) is 4.39 Å². The number of nitrogens with zero attached hydrogens (tertiary/aromatic N) is 1. The minimum Gasteiger partial charge on any atom is -0.310 e. The van der Waals surface area contributed by atoms with E-state index in [4.69, 9.17) is 0 Å². The first kappa shape index (κ1) is 14.5. The van der Waals surface area contributed by atoms with E-state index in [2.05, 4.69) is 24.1 Å². The van der Waals surface area contributed by atoms with E-state index in [0.29, 0.717) is 0 Å². The number of aryl methyl sites for hydroxylation is 1. The lowest BCUT2D eigenvalue weighted by Gasteiger charge is -2.33. The zero-order chi connectivity index (χ0) is 13.9. The number of benzene rings is 1. The van der Waals surface area contributed by atoms with Gasteiger partial charge < -0.3 is 5.32 Å². The van der Waals surface area contributed by atoms with Crippen LogP contribution in [0, 0.1) is 12.7 Å². The molecule has 0 radical (unpaired) electrons. The molecule has 19 heavy (non-hydrogen) atoms. The Bertz CT molecular complexity index is 433. The normalized spacial score (nSPS) is 25.3. The standard InChI is InChI=1S/C16H25FN2/c1-4-16(3)12-19(9-5-8-18-16)11-14-6-7-15(17)10-13(14)2/h6-7,10,18H,4-5,8-9,11-12H2,1-3H3. The topological polar surface area (TPSA) is 15.3 Å². The van der Waals surface area contributed by atoms with Gasteiger partial charge in [0.05, 0.1) is 0 Å². The van der Waals surface area contributed by atoms with E-state index in [0.717, 1.165) is 38.2 Å². The van der Waals surface area contributed by atoms with E-state index < -0.39 is 0 Å². The molecule has 1 heterocycles. The van der Waals surface area contributed by atoms with E-state index in [1.165, 1.54) is 12.0 Å².